The molecule has 0 saturated heterocycles. The topological polar surface area (TPSA) is 29.5 Å². The molecule has 3 nitrogen and oxygen atoms in total. The second kappa shape index (κ2) is 5.70. The highest BCUT2D eigenvalue weighted by Gasteiger charge is 2.40. The van der Waals surface area contributed by atoms with Gasteiger partial charge in [-0.25, -0.2) is 4.79 Å². The Morgan fingerprint density at radius 3 is 2.70 bits per heavy atom. The molecule has 0 bridgehead atoms. The second-order valence-corrected chi connectivity index (χ2v) is 5.66. The van der Waals surface area contributed by atoms with Crippen LogP contribution in [0.1, 0.15) is 25.3 Å². The number of esters is 1. The molecule has 0 spiro atoms. The lowest BCUT2D eigenvalue weighted by molar-refractivity contribution is -0.139. The lowest BCUT2D eigenvalue weighted by Gasteiger charge is -2.18. The average Bonchev–Trinajstić information content (AvgIpc) is 3.22. The maximum Gasteiger partial charge on any atom is 0.335 e. The van der Waals surface area contributed by atoms with Crippen molar-refractivity contribution in [3.8, 4) is 0 Å². The Balaban J connectivity index is 1.72. The van der Waals surface area contributed by atoms with E-state index in [1.807, 2.05) is 19.2 Å². The predicted molar refractivity (Wildman–Crippen MR) is 77.8 cm³/mol. The van der Waals surface area contributed by atoms with Crippen LogP contribution in [-0.4, -0.2) is 24.0 Å². The monoisotopic (exact) mass is 271 g/mol. The molecular formula is C17H21NO2. The largest absolute Gasteiger partial charge is 0.463 e. The molecule has 1 atom stereocenters. The zero-order valence-corrected chi connectivity index (χ0v) is 11.9. The van der Waals surface area contributed by atoms with Crippen LogP contribution in [0.3, 0.4) is 0 Å². The normalized spacial score (nSPS) is 21.8. The maximum absolute atomic E-state index is 12.1. The van der Waals surface area contributed by atoms with Gasteiger partial charge in [0.25, 0.3) is 0 Å². The lowest BCUT2D eigenvalue weighted by atomic mass is 9.97. The molecule has 1 aliphatic heterocycles. The van der Waals surface area contributed by atoms with Crippen molar-refractivity contribution in [1.29, 1.82) is 0 Å². The zero-order valence-electron chi connectivity index (χ0n) is 11.9. The SMILES string of the molecule is CCOC(=O)C1=CN(Cc2ccccc2)CC1C1CC1. The van der Waals surface area contributed by atoms with E-state index in [9.17, 15) is 4.79 Å². The Kier molecular flexibility index (Phi) is 3.77. The van der Waals surface area contributed by atoms with Crippen LogP contribution in [0.15, 0.2) is 42.1 Å². The van der Waals surface area contributed by atoms with Gasteiger partial charge in [-0.3, -0.25) is 0 Å². The molecule has 0 aromatic heterocycles. The molecule has 3 rings (SSSR count). The molecule has 0 amide bonds. The molecule has 20 heavy (non-hydrogen) atoms. The Morgan fingerprint density at radius 2 is 2.05 bits per heavy atom. The summed E-state index contributed by atoms with van der Waals surface area (Å²) in [6.45, 7) is 4.13. The molecule has 1 saturated carbocycles. The number of carbonyl (C=O) groups excluding carboxylic acids is 1. The molecule has 0 radical (unpaired) electrons. The molecule has 2 aliphatic rings. The fourth-order valence-electron chi connectivity index (χ4n) is 2.94. The second-order valence-electron chi connectivity index (χ2n) is 5.66. The summed E-state index contributed by atoms with van der Waals surface area (Å²) >= 11 is 0. The van der Waals surface area contributed by atoms with E-state index in [0.29, 0.717) is 18.4 Å². The summed E-state index contributed by atoms with van der Waals surface area (Å²) in [6.07, 6.45) is 4.52. The van der Waals surface area contributed by atoms with Gasteiger partial charge in [-0.2, -0.15) is 0 Å². The lowest BCUT2D eigenvalue weighted by Crippen LogP contribution is -2.21. The molecule has 3 heteroatoms. The van der Waals surface area contributed by atoms with Gasteiger partial charge in [0.2, 0.25) is 0 Å². The Morgan fingerprint density at radius 1 is 1.30 bits per heavy atom. The third-order valence-electron chi connectivity index (χ3n) is 4.08. The van der Waals surface area contributed by atoms with E-state index >= 15 is 0 Å². The van der Waals surface area contributed by atoms with Crippen molar-refractivity contribution in [1.82, 2.24) is 4.90 Å². The Bertz CT molecular complexity index is 505. The van der Waals surface area contributed by atoms with E-state index in [-0.39, 0.29) is 5.97 Å². The first kappa shape index (κ1) is 13.2. The molecule has 0 N–H and O–H groups in total. The molecule has 1 fully saturated rings. The maximum atomic E-state index is 12.1. The number of benzene rings is 1. The Hall–Kier alpha value is -1.77. The highest BCUT2D eigenvalue weighted by molar-refractivity contribution is 5.89. The van der Waals surface area contributed by atoms with E-state index in [4.69, 9.17) is 4.74 Å². The third-order valence-corrected chi connectivity index (χ3v) is 4.08. The van der Waals surface area contributed by atoms with E-state index in [0.717, 1.165) is 18.7 Å². The summed E-state index contributed by atoms with van der Waals surface area (Å²) in [5, 5.41) is 0. The summed E-state index contributed by atoms with van der Waals surface area (Å²) in [4.78, 5) is 14.3. The fourth-order valence-corrected chi connectivity index (χ4v) is 2.94. The van der Waals surface area contributed by atoms with Gasteiger partial charge in [0, 0.05) is 25.2 Å². The number of hydrogen-bond acceptors (Lipinski definition) is 3. The van der Waals surface area contributed by atoms with Crippen LogP contribution in [-0.2, 0) is 16.1 Å². The van der Waals surface area contributed by atoms with Crippen LogP contribution in [0.5, 0.6) is 0 Å². The molecular weight excluding hydrogens is 250 g/mol. The highest BCUT2D eigenvalue weighted by Crippen LogP contribution is 2.43. The highest BCUT2D eigenvalue weighted by atomic mass is 16.5. The minimum absolute atomic E-state index is 0.125. The summed E-state index contributed by atoms with van der Waals surface area (Å²) in [5.41, 5.74) is 2.16. The first-order chi connectivity index (χ1) is 9.78. The standard InChI is InChI=1S/C17H21NO2/c1-2-20-17(19)16-12-18(11-15(16)14-8-9-14)10-13-6-4-3-5-7-13/h3-7,12,14-15H,2,8-11H2,1H3. The van der Waals surface area contributed by atoms with Gasteiger partial charge in [0.1, 0.15) is 0 Å². The van der Waals surface area contributed by atoms with E-state index in [1.165, 1.54) is 18.4 Å². The van der Waals surface area contributed by atoms with Gasteiger partial charge in [-0.05, 0) is 31.2 Å². The van der Waals surface area contributed by atoms with Crippen LogP contribution in [0.2, 0.25) is 0 Å². The summed E-state index contributed by atoms with van der Waals surface area (Å²) in [6, 6.07) is 10.4. The first-order valence-corrected chi connectivity index (χ1v) is 7.44. The van der Waals surface area contributed by atoms with Gasteiger partial charge >= 0.3 is 5.97 Å². The first-order valence-electron chi connectivity index (χ1n) is 7.44. The van der Waals surface area contributed by atoms with Gasteiger partial charge in [-0.1, -0.05) is 30.3 Å². The van der Waals surface area contributed by atoms with Crippen molar-refractivity contribution < 1.29 is 9.53 Å². The van der Waals surface area contributed by atoms with Crippen molar-refractivity contribution >= 4 is 5.97 Å². The van der Waals surface area contributed by atoms with Crippen molar-refractivity contribution in [3.05, 3.63) is 47.7 Å². The van der Waals surface area contributed by atoms with Gasteiger partial charge in [0.05, 0.1) is 12.2 Å². The molecule has 1 aromatic rings. The van der Waals surface area contributed by atoms with Crippen molar-refractivity contribution in [3.63, 3.8) is 0 Å². The van der Waals surface area contributed by atoms with Crippen LogP contribution in [0.25, 0.3) is 0 Å². The van der Waals surface area contributed by atoms with Crippen molar-refractivity contribution in [2.75, 3.05) is 13.2 Å². The predicted octanol–water partition coefficient (Wildman–Crippen LogP) is 2.98. The third kappa shape index (κ3) is 2.87. The molecule has 1 heterocycles. The summed E-state index contributed by atoms with van der Waals surface area (Å²) in [5.74, 6) is 0.934. The zero-order chi connectivity index (χ0) is 13.9. The van der Waals surface area contributed by atoms with E-state index < -0.39 is 0 Å². The molecule has 1 aromatic carbocycles. The molecule has 1 unspecified atom stereocenters. The van der Waals surface area contributed by atoms with Crippen LogP contribution >= 0.6 is 0 Å². The molecule has 1 aliphatic carbocycles. The van der Waals surface area contributed by atoms with Crippen molar-refractivity contribution in [2.45, 2.75) is 26.3 Å². The number of carbonyl (C=O) groups is 1. The van der Waals surface area contributed by atoms with Gasteiger partial charge in [-0.15, -0.1) is 0 Å². The van der Waals surface area contributed by atoms with E-state index in [1.54, 1.807) is 0 Å². The molecule has 106 valence electrons. The number of nitrogens with zero attached hydrogens (tertiary/aromatic N) is 1. The average molecular weight is 271 g/mol. The van der Waals surface area contributed by atoms with Crippen molar-refractivity contribution in [2.24, 2.45) is 11.8 Å². The van der Waals surface area contributed by atoms with Crippen LogP contribution < -0.4 is 0 Å². The van der Waals surface area contributed by atoms with Gasteiger partial charge < -0.3 is 9.64 Å². The van der Waals surface area contributed by atoms with E-state index in [2.05, 4.69) is 29.2 Å². The Labute approximate surface area is 120 Å². The number of ether oxygens (including phenoxy) is 1. The smallest absolute Gasteiger partial charge is 0.335 e. The number of rotatable bonds is 5. The number of hydrogen-bond donors (Lipinski definition) is 0. The minimum atomic E-state index is -0.125. The summed E-state index contributed by atoms with van der Waals surface area (Å²) in [7, 11) is 0. The minimum Gasteiger partial charge on any atom is -0.463 e. The van der Waals surface area contributed by atoms with Crippen LogP contribution in [0.4, 0.5) is 0 Å². The van der Waals surface area contributed by atoms with Gasteiger partial charge in [0.15, 0.2) is 0 Å². The fraction of sp³-hybridized carbons (Fsp3) is 0.471. The quantitative estimate of drug-likeness (QED) is 0.771. The summed E-state index contributed by atoms with van der Waals surface area (Å²) < 4.78 is 5.20. The van der Waals surface area contributed by atoms with Crippen LogP contribution in [0, 0.1) is 11.8 Å².